The van der Waals surface area contributed by atoms with E-state index in [9.17, 15) is 4.79 Å². The predicted molar refractivity (Wildman–Crippen MR) is 70.5 cm³/mol. The minimum atomic E-state index is 0.404. The van der Waals surface area contributed by atoms with Crippen LogP contribution in [-0.4, -0.2) is 25.6 Å². The largest absolute Gasteiger partial charge is 0.492 e. The Hall–Kier alpha value is -1.06. The maximum atomic E-state index is 10.6. The molecule has 4 heteroatoms. The highest BCUT2D eigenvalue weighted by Crippen LogP contribution is 2.25. The van der Waals surface area contributed by atoms with Crippen LogP contribution < -0.4 is 4.74 Å². The monoisotopic (exact) mass is 268 g/mol. The van der Waals surface area contributed by atoms with Gasteiger partial charge in [-0.25, -0.2) is 0 Å². The summed E-state index contributed by atoms with van der Waals surface area (Å²) in [5.41, 5.74) is 0.562. The average Bonchev–Trinajstić information content (AvgIpc) is 2.89. The third kappa shape index (κ3) is 3.72. The molecule has 1 aromatic carbocycles. The van der Waals surface area contributed by atoms with Gasteiger partial charge >= 0.3 is 0 Å². The summed E-state index contributed by atoms with van der Waals surface area (Å²) < 4.78 is 11.1. The van der Waals surface area contributed by atoms with Crippen molar-refractivity contribution < 1.29 is 14.3 Å². The van der Waals surface area contributed by atoms with Gasteiger partial charge in [-0.2, -0.15) is 0 Å². The Kier molecular flexibility index (Phi) is 5.02. The fourth-order valence-electron chi connectivity index (χ4n) is 2.07. The first-order valence-corrected chi connectivity index (χ1v) is 6.66. The minimum absolute atomic E-state index is 0.404. The van der Waals surface area contributed by atoms with Gasteiger partial charge in [0.05, 0.1) is 17.7 Å². The molecule has 0 aliphatic carbocycles. The second-order valence-corrected chi connectivity index (χ2v) is 4.84. The lowest BCUT2D eigenvalue weighted by atomic mass is 10.1. The maximum absolute atomic E-state index is 10.6. The summed E-state index contributed by atoms with van der Waals surface area (Å²) in [5.74, 6) is 0.634. The highest BCUT2D eigenvalue weighted by atomic mass is 35.5. The average molecular weight is 269 g/mol. The molecule has 1 unspecified atom stereocenters. The number of benzene rings is 1. The number of carbonyl (C=O) groups is 1. The van der Waals surface area contributed by atoms with Crippen molar-refractivity contribution in [2.45, 2.75) is 31.8 Å². The van der Waals surface area contributed by atoms with Crippen LogP contribution in [0.2, 0.25) is 5.02 Å². The fraction of sp³-hybridized carbons (Fsp3) is 0.500. The fourth-order valence-corrected chi connectivity index (χ4v) is 2.32. The van der Waals surface area contributed by atoms with Crippen LogP contribution >= 0.6 is 11.6 Å². The molecule has 0 radical (unpaired) electrons. The number of hydrogen-bond donors (Lipinski definition) is 0. The molecular weight excluding hydrogens is 252 g/mol. The Morgan fingerprint density at radius 3 is 3.06 bits per heavy atom. The number of carbonyl (C=O) groups excluding carboxylic acids is 1. The first-order chi connectivity index (χ1) is 8.79. The van der Waals surface area contributed by atoms with Crippen molar-refractivity contribution in [3.05, 3.63) is 28.8 Å². The number of hydrogen-bond acceptors (Lipinski definition) is 3. The first-order valence-electron chi connectivity index (χ1n) is 6.29. The Labute approximate surface area is 112 Å². The molecule has 1 saturated heterocycles. The summed E-state index contributed by atoms with van der Waals surface area (Å²) >= 11 is 6.01. The van der Waals surface area contributed by atoms with Crippen molar-refractivity contribution in [2.75, 3.05) is 13.2 Å². The predicted octanol–water partition coefficient (Wildman–Crippen LogP) is 3.49. The number of aldehydes is 1. The van der Waals surface area contributed by atoms with Crippen molar-refractivity contribution in [1.29, 1.82) is 0 Å². The lowest BCUT2D eigenvalue weighted by Crippen LogP contribution is -2.07. The van der Waals surface area contributed by atoms with Gasteiger partial charge < -0.3 is 9.47 Å². The van der Waals surface area contributed by atoms with Gasteiger partial charge in [0.15, 0.2) is 0 Å². The van der Waals surface area contributed by atoms with Gasteiger partial charge in [-0.15, -0.1) is 0 Å². The molecule has 3 nitrogen and oxygen atoms in total. The summed E-state index contributed by atoms with van der Waals surface area (Å²) in [6, 6.07) is 5.05. The van der Waals surface area contributed by atoms with Crippen molar-refractivity contribution in [3.8, 4) is 5.75 Å². The van der Waals surface area contributed by atoms with Gasteiger partial charge in [-0.1, -0.05) is 11.6 Å². The standard InChI is InChI=1S/C14H17ClO3/c15-13-9-11(10-16)5-6-14(13)18-8-2-4-12-3-1-7-17-12/h5-6,9-10,12H,1-4,7-8H2. The molecule has 1 fully saturated rings. The molecule has 0 amide bonds. The van der Waals surface area contributed by atoms with Crippen LogP contribution in [0.25, 0.3) is 0 Å². The molecule has 1 aromatic rings. The highest BCUT2D eigenvalue weighted by Gasteiger charge is 2.14. The van der Waals surface area contributed by atoms with Gasteiger partial charge in [-0.05, 0) is 43.9 Å². The van der Waals surface area contributed by atoms with E-state index >= 15 is 0 Å². The Morgan fingerprint density at radius 2 is 2.39 bits per heavy atom. The van der Waals surface area contributed by atoms with Crippen LogP contribution in [0.5, 0.6) is 5.75 Å². The van der Waals surface area contributed by atoms with Crippen LogP contribution in [0.1, 0.15) is 36.0 Å². The smallest absolute Gasteiger partial charge is 0.150 e. The van der Waals surface area contributed by atoms with E-state index in [0.717, 1.165) is 32.2 Å². The first kappa shape index (κ1) is 13.4. The van der Waals surface area contributed by atoms with E-state index in [1.54, 1.807) is 18.2 Å². The number of halogens is 1. The van der Waals surface area contributed by atoms with Crippen LogP contribution in [0.4, 0.5) is 0 Å². The zero-order valence-electron chi connectivity index (χ0n) is 10.2. The number of rotatable bonds is 6. The molecule has 1 aliphatic rings. The lowest BCUT2D eigenvalue weighted by Gasteiger charge is -2.11. The molecule has 0 aromatic heterocycles. The molecule has 18 heavy (non-hydrogen) atoms. The molecule has 1 atom stereocenters. The summed E-state index contributed by atoms with van der Waals surface area (Å²) in [6.45, 7) is 1.52. The summed E-state index contributed by atoms with van der Waals surface area (Å²) in [4.78, 5) is 10.6. The van der Waals surface area contributed by atoms with Crippen LogP contribution in [0.15, 0.2) is 18.2 Å². The van der Waals surface area contributed by atoms with Gasteiger partial charge in [0.25, 0.3) is 0 Å². The van der Waals surface area contributed by atoms with Gasteiger partial charge in [-0.3, -0.25) is 4.79 Å². The highest BCUT2D eigenvalue weighted by molar-refractivity contribution is 6.32. The normalized spacial score (nSPS) is 18.8. The topological polar surface area (TPSA) is 35.5 Å². The Morgan fingerprint density at radius 1 is 1.50 bits per heavy atom. The molecule has 0 spiro atoms. The van der Waals surface area contributed by atoms with Crippen LogP contribution in [0, 0.1) is 0 Å². The number of ether oxygens (including phenoxy) is 2. The third-order valence-corrected chi connectivity index (χ3v) is 3.34. The second kappa shape index (κ2) is 6.76. The van der Waals surface area contributed by atoms with Gasteiger partial charge in [0.1, 0.15) is 12.0 Å². The summed E-state index contributed by atoms with van der Waals surface area (Å²) in [5, 5.41) is 0.483. The third-order valence-electron chi connectivity index (χ3n) is 3.04. The molecule has 2 rings (SSSR count). The lowest BCUT2D eigenvalue weighted by molar-refractivity contribution is 0.0981. The van der Waals surface area contributed by atoms with E-state index in [2.05, 4.69) is 0 Å². The Bertz CT molecular complexity index is 400. The molecule has 1 aliphatic heterocycles. The summed E-state index contributed by atoms with van der Waals surface area (Å²) in [7, 11) is 0. The van der Waals surface area contributed by atoms with Crippen molar-refractivity contribution in [3.63, 3.8) is 0 Å². The van der Waals surface area contributed by atoms with Crippen LogP contribution in [-0.2, 0) is 4.74 Å². The van der Waals surface area contributed by atoms with E-state index in [1.807, 2.05) is 0 Å². The van der Waals surface area contributed by atoms with E-state index in [1.165, 1.54) is 6.42 Å². The molecule has 1 heterocycles. The van der Waals surface area contributed by atoms with Crippen molar-refractivity contribution >= 4 is 17.9 Å². The van der Waals surface area contributed by atoms with Gasteiger partial charge in [0.2, 0.25) is 0 Å². The van der Waals surface area contributed by atoms with E-state index in [0.29, 0.717) is 29.0 Å². The van der Waals surface area contributed by atoms with Gasteiger partial charge in [0, 0.05) is 12.2 Å². The zero-order valence-corrected chi connectivity index (χ0v) is 11.0. The second-order valence-electron chi connectivity index (χ2n) is 4.43. The molecule has 98 valence electrons. The maximum Gasteiger partial charge on any atom is 0.150 e. The zero-order chi connectivity index (χ0) is 12.8. The SMILES string of the molecule is O=Cc1ccc(OCCCC2CCCO2)c(Cl)c1. The molecule has 0 bridgehead atoms. The molecule has 0 N–H and O–H groups in total. The van der Waals surface area contributed by atoms with E-state index in [4.69, 9.17) is 21.1 Å². The van der Waals surface area contributed by atoms with Crippen molar-refractivity contribution in [1.82, 2.24) is 0 Å². The summed E-state index contributed by atoms with van der Waals surface area (Å²) in [6.07, 6.45) is 5.49. The van der Waals surface area contributed by atoms with Crippen LogP contribution in [0.3, 0.4) is 0 Å². The minimum Gasteiger partial charge on any atom is -0.492 e. The van der Waals surface area contributed by atoms with E-state index in [-0.39, 0.29) is 0 Å². The Balaban J connectivity index is 1.74. The quantitative estimate of drug-likeness (QED) is 0.585. The van der Waals surface area contributed by atoms with E-state index < -0.39 is 0 Å². The van der Waals surface area contributed by atoms with Crippen molar-refractivity contribution in [2.24, 2.45) is 0 Å². The molecular formula is C14H17ClO3. The molecule has 0 saturated carbocycles.